The van der Waals surface area contributed by atoms with Crippen LogP contribution in [0.1, 0.15) is 31.9 Å². The van der Waals surface area contributed by atoms with Crippen molar-refractivity contribution in [3.8, 4) is 0 Å². The lowest BCUT2D eigenvalue weighted by molar-refractivity contribution is -0.384. The van der Waals surface area contributed by atoms with Crippen LogP contribution in [0.4, 0.5) is 11.5 Å². The number of ether oxygens (including phenoxy) is 1. The molecule has 2 N–H and O–H groups in total. The SMILES string of the molecule is COC(CNc1c([N+](=O)[O-])c(C(C)C)nn1C)CC(=O)O. The predicted molar refractivity (Wildman–Crippen MR) is 75.5 cm³/mol. The number of carboxylic acid groups (broad SMARTS) is 1. The Morgan fingerprint density at radius 1 is 1.57 bits per heavy atom. The van der Waals surface area contributed by atoms with Gasteiger partial charge >= 0.3 is 11.7 Å². The molecule has 0 radical (unpaired) electrons. The van der Waals surface area contributed by atoms with Crippen LogP contribution in [0.5, 0.6) is 0 Å². The Hall–Kier alpha value is -2.16. The number of carboxylic acids is 1. The summed E-state index contributed by atoms with van der Waals surface area (Å²) in [6, 6.07) is 0. The van der Waals surface area contributed by atoms with Gasteiger partial charge in [-0.3, -0.25) is 14.9 Å². The molecule has 0 amide bonds. The normalized spacial score (nSPS) is 12.4. The van der Waals surface area contributed by atoms with Gasteiger partial charge in [0.15, 0.2) is 0 Å². The minimum atomic E-state index is -0.994. The number of aryl methyl sites for hydroxylation is 1. The van der Waals surface area contributed by atoms with Gasteiger partial charge in [-0.1, -0.05) is 13.8 Å². The van der Waals surface area contributed by atoms with E-state index in [1.54, 1.807) is 7.05 Å². The van der Waals surface area contributed by atoms with Crippen LogP contribution >= 0.6 is 0 Å². The highest BCUT2D eigenvalue weighted by Crippen LogP contribution is 2.32. The maximum absolute atomic E-state index is 11.2. The first-order chi connectivity index (χ1) is 9.77. The maximum atomic E-state index is 11.2. The predicted octanol–water partition coefficient (Wildman–Crippen LogP) is 1.35. The van der Waals surface area contributed by atoms with Crippen molar-refractivity contribution in [3.63, 3.8) is 0 Å². The molecule has 1 aromatic rings. The zero-order valence-corrected chi connectivity index (χ0v) is 12.5. The largest absolute Gasteiger partial charge is 0.481 e. The molecule has 0 fully saturated rings. The van der Waals surface area contributed by atoms with Crippen molar-refractivity contribution in [2.24, 2.45) is 7.05 Å². The number of nitro groups is 1. The van der Waals surface area contributed by atoms with Crippen LogP contribution in [0.3, 0.4) is 0 Å². The van der Waals surface area contributed by atoms with Crippen molar-refractivity contribution in [2.45, 2.75) is 32.3 Å². The molecule has 0 saturated heterocycles. The zero-order chi connectivity index (χ0) is 16.2. The quantitative estimate of drug-likeness (QED) is 0.549. The molecule has 0 spiro atoms. The highest BCUT2D eigenvalue weighted by atomic mass is 16.6. The maximum Gasteiger partial charge on any atom is 0.334 e. The van der Waals surface area contributed by atoms with Crippen molar-refractivity contribution in [2.75, 3.05) is 19.0 Å². The van der Waals surface area contributed by atoms with E-state index in [1.165, 1.54) is 11.8 Å². The number of rotatable bonds is 8. The second kappa shape index (κ2) is 7.02. The summed E-state index contributed by atoms with van der Waals surface area (Å²) in [6.07, 6.45) is -0.772. The van der Waals surface area contributed by atoms with Gasteiger partial charge < -0.3 is 15.2 Å². The standard InChI is InChI=1S/C12H20N4O5/c1-7(2)10-11(16(19)20)12(15(3)14-10)13-6-8(21-4)5-9(17)18/h7-8,13H,5-6H2,1-4H3,(H,17,18). The smallest absolute Gasteiger partial charge is 0.334 e. The van der Waals surface area contributed by atoms with Gasteiger partial charge in [0.05, 0.1) is 17.4 Å². The first kappa shape index (κ1) is 16.9. The Kier molecular flexibility index (Phi) is 5.65. The van der Waals surface area contributed by atoms with Crippen molar-refractivity contribution in [1.29, 1.82) is 0 Å². The molecule has 1 atom stereocenters. The number of aliphatic carboxylic acids is 1. The lowest BCUT2D eigenvalue weighted by Gasteiger charge is -2.14. The molecule has 0 bridgehead atoms. The third-order valence-electron chi connectivity index (χ3n) is 3.01. The molecule has 0 saturated carbocycles. The molecule has 1 aromatic heterocycles. The average molecular weight is 300 g/mol. The van der Waals surface area contributed by atoms with Crippen LogP contribution in [0.25, 0.3) is 0 Å². The summed E-state index contributed by atoms with van der Waals surface area (Å²) in [5.74, 6) is -0.841. The summed E-state index contributed by atoms with van der Waals surface area (Å²) in [7, 11) is 2.99. The fourth-order valence-corrected chi connectivity index (χ4v) is 1.94. The Balaban J connectivity index is 2.97. The van der Waals surface area contributed by atoms with E-state index in [2.05, 4.69) is 10.4 Å². The molecule has 0 aliphatic carbocycles. The number of anilines is 1. The second-order valence-corrected chi connectivity index (χ2v) is 4.95. The second-order valence-electron chi connectivity index (χ2n) is 4.95. The fourth-order valence-electron chi connectivity index (χ4n) is 1.94. The minimum absolute atomic E-state index is 0.0855. The van der Waals surface area contributed by atoms with E-state index in [4.69, 9.17) is 9.84 Å². The van der Waals surface area contributed by atoms with Crippen LogP contribution in [0, 0.1) is 10.1 Å². The topological polar surface area (TPSA) is 120 Å². The number of nitrogens with zero attached hydrogens (tertiary/aromatic N) is 3. The Morgan fingerprint density at radius 2 is 2.19 bits per heavy atom. The lowest BCUT2D eigenvalue weighted by atomic mass is 10.1. The minimum Gasteiger partial charge on any atom is -0.481 e. The molecule has 9 nitrogen and oxygen atoms in total. The van der Waals surface area contributed by atoms with Crippen molar-refractivity contribution < 1.29 is 19.6 Å². The molecule has 1 unspecified atom stereocenters. The summed E-state index contributed by atoms with van der Waals surface area (Å²) in [5, 5.41) is 27.0. The molecule has 0 aromatic carbocycles. The van der Waals surface area contributed by atoms with Crippen molar-refractivity contribution in [3.05, 3.63) is 15.8 Å². The van der Waals surface area contributed by atoms with Crippen LogP contribution < -0.4 is 5.32 Å². The number of methoxy groups -OCH3 is 1. The van der Waals surface area contributed by atoms with Gasteiger partial charge in [0, 0.05) is 26.6 Å². The highest BCUT2D eigenvalue weighted by Gasteiger charge is 2.28. The summed E-state index contributed by atoms with van der Waals surface area (Å²) < 4.78 is 6.42. The van der Waals surface area contributed by atoms with Gasteiger partial charge in [0.2, 0.25) is 5.82 Å². The monoisotopic (exact) mass is 300 g/mol. The van der Waals surface area contributed by atoms with E-state index in [-0.39, 0.29) is 30.4 Å². The number of aromatic nitrogens is 2. The van der Waals surface area contributed by atoms with Gasteiger partial charge in [-0.15, -0.1) is 0 Å². The van der Waals surface area contributed by atoms with Crippen LogP contribution in [-0.4, -0.2) is 45.5 Å². The summed E-state index contributed by atoms with van der Waals surface area (Å²) in [5.41, 5.74) is 0.301. The number of nitrogens with one attached hydrogen (secondary N) is 1. The molecule has 1 rings (SSSR count). The van der Waals surface area contributed by atoms with E-state index >= 15 is 0 Å². The Labute approximate surface area is 122 Å². The first-order valence-corrected chi connectivity index (χ1v) is 6.47. The fraction of sp³-hybridized carbons (Fsp3) is 0.667. The first-order valence-electron chi connectivity index (χ1n) is 6.47. The van der Waals surface area contributed by atoms with Crippen molar-refractivity contribution in [1.82, 2.24) is 9.78 Å². The summed E-state index contributed by atoms with van der Waals surface area (Å²) >= 11 is 0. The van der Waals surface area contributed by atoms with E-state index in [0.717, 1.165) is 0 Å². The Bertz CT molecular complexity index is 526. The Morgan fingerprint density at radius 3 is 2.62 bits per heavy atom. The molecule has 118 valence electrons. The summed E-state index contributed by atoms with van der Waals surface area (Å²) in [4.78, 5) is 21.4. The lowest BCUT2D eigenvalue weighted by Crippen LogP contribution is -2.26. The van der Waals surface area contributed by atoms with Gasteiger partial charge in [0.1, 0.15) is 5.69 Å². The number of carbonyl (C=O) groups is 1. The van der Waals surface area contributed by atoms with Crippen LogP contribution in [0.2, 0.25) is 0 Å². The van der Waals surface area contributed by atoms with Crippen LogP contribution in [0.15, 0.2) is 0 Å². The molecular weight excluding hydrogens is 280 g/mol. The molecule has 21 heavy (non-hydrogen) atoms. The molecule has 1 heterocycles. The molecular formula is C12H20N4O5. The van der Waals surface area contributed by atoms with E-state index in [9.17, 15) is 14.9 Å². The van der Waals surface area contributed by atoms with E-state index in [1.807, 2.05) is 13.8 Å². The van der Waals surface area contributed by atoms with E-state index in [0.29, 0.717) is 5.69 Å². The number of hydrogen-bond donors (Lipinski definition) is 2. The molecule has 0 aliphatic rings. The van der Waals surface area contributed by atoms with Crippen LogP contribution in [-0.2, 0) is 16.6 Å². The average Bonchev–Trinajstić information content (AvgIpc) is 2.71. The van der Waals surface area contributed by atoms with Gasteiger partial charge in [-0.25, -0.2) is 4.68 Å². The third kappa shape index (κ3) is 4.15. The van der Waals surface area contributed by atoms with Gasteiger partial charge in [-0.2, -0.15) is 5.10 Å². The molecule has 0 aliphatic heterocycles. The number of hydrogen-bond acceptors (Lipinski definition) is 6. The van der Waals surface area contributed by atoms with Crippen molar-refractivity contribution >= 4 is 17.5 Å². The summed E-state index contributed by atoms with van der Waals surface area (Å²) in [6.45, 7) is 3.78. The molecule has 9 heteroatoms. The van der Waals surface area contributed by atoms with E-state index < -0.39 is 17.0 Å². The van der Waals surface area contributed by atoms with Gasteiger partial charge in [0.25, 0.3) is 0 Å². The van der Waals surface area contributed by atoms with Gasteiger partial charge in [-0.05, 0) is 0 Å². The highest BCUT2D eigenvalue weighted by molar-refractivity contribution is 5.67. The zero-order valence-electron chi connectivity index (χ0n) is 12.5. The third-order valence-corrected chi connectivity index (χ3v) is 3.01.